The van der Waals surface area contributed by atoms with Crippen LogP contribution in [0.1, 0.15) is 71.1 Å². The third-order valence-corrected chi connectivity index (χ3v) is 7.75. The summed E-state index contributed by atoms with van der Waals surface area (Å²) in [5.41, 5.74) is 1.22. The fourth-order valence-corrected chi connectivity index (χ4v) is 6.23. The van der Waals surface area contributed by atoms with Crippen LogP contribution < -0.4 is 0 Å². The Morgan fingerprint density at radius 3 is 2.18 bits per heavy atom. The van der Waals surface area contributed by atoms with Crippen molar-refractivity contribution in [1.82, 2.24) is 4.98 Å². The molecule has 0 atom stereocenters. The van der Waals surface area contributed by atoms with E-state index in [-0.39, 0.29) is 0 Å². The molecule has 0 bridgehead atoms. The van der Waals surface area contributed by atoms with E-state index in [9.17, 15) is 0 Å². The maximum atomic E-state index is 4.74. The zero-order chi connectivity index (χ0) is 15.5. The number of hydrogen-bond donors (Lipinski definition) is 0. The van der Waals surface area contributed by atoms with E-state index < -0.39 is 0 Å². The number of unbranched alkanes of at least 4 members (excludes halogenated alkanes) is 9. The fourth-order valence-electron chi connectivity index (χ4n) is 2.66. The molecule has 0 N–H and O–H groups in total. The van der Waals surface area contributed by atoms with E-state index in [0.29, 0.717) is 14.5 Å². The predicted octanol–water partition coefficient (Wildman–Crippen LogP) is 6.30. The zero-order valence-corrected chi connectivity index (χ0v) is 16.4. The average molecular weight is 382 g/mol. The molecule has 3 heteroatoms. The van der Waals surface area contributed by atoms with Gasteiger partial charge in [0.25, 0.3) is 0 Å². The third kappa shape index (κ3) is 6.89. The molecule has 2 rings (SSSR count). The van der Waals surface area contributed by atoms with Gasteiger partial charge in [-0.25, -0.2) is 0 Å². The van der Waals surface area contributed by atoms with Crippen LogP contribution in [0.3, 0.4) is 0 Å². The van der Waals surface area contributed by atoms with Crippen LogP contribution in [0.15, 0.2) is 28.2 Å². The Hall–Kier alpha value is -0.241. The minimum atomic E-state index is 0.472. The van der Waals surface area contributed by atoms with Crippen molar-refractivity contribution in [2.45, 2.75) is 75.0 Å². The second-order valence-electron chi connectivity index (χ2n) is 5.98. The summed E-state index contributed by atoms with van der Waals surface area (Å²) in [5.74, 6) is 1.26. The molecule has 0 unspecified atom stereocenters. The van der Waals surface area contributed by atoms with Gasteiger partial charge in [-0.3, -0.25) is 0 Å². The van der Waals surface area contributed by atoms with E-state index in [1.807, 2.05) is 11.8 Å². The standard InChI is InChI=1S/C19H29NSSe/c1-2-3-4-5-6-7-8-9-10-13-16-21-19-20-17-14-11-12-15-18(17)22-19/h11-12,14-15H,2-10,13,16H2,1H3. The summed E-state index contributed by atoms with van der Waals surface area (Å²) in [5, 5.41) is 0. The van der Waals surface area contributed by atoms with Crippen LogP contribution in [0, 0.1) is 0 Å². The molecule has 1 nitrogen and oxygen atoms in total. The van der Waals surface area contributed by atoms with Crippen molar-refractivity contribution in [3.63, 3.8) is 0 Å². The molecular formula is C19H29NSSe. The molecule has 0 saturated carbocycles. The van der Waals surface area contributed by atoms with E-state index in [4.69, 9.17) is 4.98 Å². The van der Waals surface area contributed by atoms with Gasteiger partial charge in [-0.15, -0.1) is 0 Å². The number of rotatable bonds is 12. The molecule has 0 radical (unpaired) electrons. The number of thioether (sulfide) groups is 1. The first-order valence-electron chi connectivity index (χ1n) is 8.88. The van der Waals surface area contributed by atoms with Crippen LogP contribution in [0.5, 0.6) is 0 Å². The first kappa shape index (κ1) is 18.1. The van der Waals surface area contributed by atoms with Crippen molar-refractivity contribution in [2.24, 2.45) is 0 Å². The molecule has 0 aliphatic heterocycles. The Morgan fingerprint density at radius 2 is 1.50 bits per heavy atom. The van der Waals surface area contributed by atoms with Crippen molar-refractivity contribution in [3.8, 4) is 0 Å². The number of hydrogen-bond acceptors (Lipinski definition) is 2. The molecule has 1 aromatic carbocycles. The van der Waals surface area contributed by atoms with Crippen LogP contribution >= 0.6 is 11.8 Å². The van der Waals surface area contributed by atoms with Crippen LogP contribution in [-0.2, 0) is 0 Å². The van der Waals surface area contributed by atoms with Gasteiger partial charge in [0.15, 0.2) is 0 Å². The molecule has 1 aromatic heterocycles. The normalized spacial score (nSPS) is 11.3. The summed E-state index contributed by atoms with van der Waals surface area (Å²) in [6, 6.07) is 8.60. The quantitative estimate of drug-likeness (QED) is 0.243. The molecular weight excluding hydrogens is 353 g/mol. The first-order chi connectivity index (χ1) is 10.9. The average Bonchev–Trinajstić information content (AvgIpc) is 2.95. The van der Waals surface area contributed by atoms with Gasteiger partial charge in [-0.1, -0.05) is 13.3 Å². The van der Waals surface area contributed by atoms with Crippen molar-refractivity contribution >= 4 is 36.0 Å². The second kappa shape index (κ2) is 11.3. The van der Waals surface area contributed by atoms with E-state index >= 15 is 0 Å². The zero-order valence-electron chi connectivity index (χ0n) is 13.9. The van der Waals surface area contributed by atoms with Crippen molar-refractivity contribution in [1.29, 1.82) is 0 Å². The third-order valence-electron chi connectivity index (χ3n) is 4.00. The number of para-hydroxylation sites is 1. The van der Waals surface area contributed by atoms with Gasteiger partial charge in [0.1, 0.15) is 0 Å². The molecule has 0 saturated heterocycles. The molecule has 122 valence electrons. The molecule has 0 amide bonds. The van der Waals surface area contributed by atoms with Crippen LogP contribution in [0.2, 0.25) is 0 Å². The van der Waals surface area contributed by atoms with Gasteiger partial charge < -0.3 is 0 Å². The maximum absolute atomic E-state index is 4.74. The molecule has 0 fully saturated rings. The number of fused-ring (bicyclic) bond motifs is 1. The van der Waals surface area contributed by atoms with Gasteiger partial charge in [0, 0.05) is 0 Å². The van der Waals surface area contributed by atoms with Gasteiger partial charge in [-0.05, 0) is 0 Å². The molecule has 0 aliphatic carbocycles. The summed E-state index contributed by atoms with van der Waals surface area (Å²) in [4.78, 5) is 4.74. The van der Waals surface area contributed by atoms with Gasteiger partial charge in [0.2, 0.25) is 0 Å². The number of nitrogens with zero attached hydrogens (tertiary/aromatic N) is 1. The molecule has 0 spiro atoms. The molecule has 2 aromatic rings. The molecule has 1 heterocycles. The SMILES string of the molecule is CCCCCCCCCCCCSc1nc2ccccc2[se]1. The summed E-state index contributed by atoms with van der Waals surface area (Å²) in [6.07, 6.45) is 14.2. The van der Waals surface area contributed by atoms with Crippen LogP contribution in [-0.4, -0.2) is 25.2 Å². The predicted molar refractivity (Wildman–Crippen MR) is 101 cm³/mol. The Balaban J connectivity index is 1.46. The Morgan fingerprint density at radius 1 is 0.864 bits per heavy atom. The van der Waals surface area contributed by atoms with E-state index in [0.717, 1.165) is 0 Å². The van der Waals surface area contributed by atoms with E-state index in [1.54, 1.807) is 0 Å². The molecule has 22 heavy (non-hydrogen) atoms. The van der Waals surface area contributed by atoms with Crippen molar-refractivity contribution < 1.29 is 0 Å². The van der Waals surface area contributed by atoms with Crippen molar-refractivity contribution in [3.05, 3.63) is 24.3 Å². The van der Waals surface area contributed by atoms with Gasteiger partial charge in [-0.2, -0.15) is 0 Å². The Labute approximate surface area is 146 Å². The summed E-state index contributed by atoms with van der Waals surface area (Å²) in [6.45, 7) is 2.29. The van der Waals surface area contributed by atoms with Crippen LogP contribution in [0.25, 0.3) is 9.78 Å². The van der Waals surface area contributed by atoms with Crippen molar-refractivity contribution in [2.75, 3.05) is 5.75 Å². The summed E-state index contributed by atoms with van der Waals surface area (Å²) >= 11 is 2.47. The monoisotopic (exact) mass is 383 g/mol. The van der Waals surface area contributed by atoms with E-state index in [1.165, 1.54) is 83.6 Å². The van der Waals surface area contributed by atoms with Gasteiger partial charge >= 0.3 is 133 Å². The summed E-state index contributed by atoms with van der Waals surface area (Å²) in [7, 11) is 0. The second-order valence-corrected chi connectivity index (χ2v) is 9.81. The van der Waals surface area contributed by atoms with E-state index in [2.05, 4.69) is 31.2 Å². The number of aromatic nitrogens is 1. The van der Waals surface area contributed by atoms with Gasteiger partial charge in [0.05, 0.1) is 0 Å². The fraction of sp³-hybridized carbons (Fsp3) is 0.632. The molecule has 0 aliphatic rings. The Bertz CT molecular complexity index is 490. The minimum absolute atomic E-state index is 0.472. The Kier molecular flexibility index (Phi) is 9.31. The topological polar surface area (TPSA) is 12.9 Å². The first-order valence-corrected chi connectivity index (χ1v) is 11.6. The van der Waals surface area contributed by atoms with Crippen LogP contribution in [0.4, 0.5) is 0 Å². The summed E-state index contributed by atoms with van der Waals surface area (Å²) < 4.78 is 2.84. The number of benzene rings is 1.